The van der Waals surface area contributed by atoms with Crippen molar-refractivity contribution in [2.75, 3.05) is 17.3 Å². The van der Waals surface area contributed by atoms with E-state index in [1.165, 1.54) is 23.9 Å². The number of sulfone groups is 1. The second kappa shape index (κ2) is 6.58. The van der Waals surface area contributed by atoms with Crippen molar-refractivity contribution in [3.05, 3.63) is 29.3 Å². The number of hydrogen-bond acceptors (Lipinski definition) is 4. The number of halogens is 1. The van der Waals surface area contributed by atoms with Gasteiger partial charge in [0.05, 0.1) is 17.1 Å². The second-order valence-corrected chi connectivity index (χ2v) is 9.05. The van der Waals surface area contributed by atoms with E-state index in [0.29, 0.717) is 10.8 Å². The van der Waals surface area contributed by atoms with Crippen LogP contribution in [0, 0.1) is 5.41 Å². The highest BCUT2D eigenvalue weighted by Gasteiger charge is 2.44. The summed E-state index contributed by atoms with van der Waals surface area (Å²) in [6, 6.07) is 6.14. The zero-order valence-corrected chi connectivity index (χ0v) is 13.8. The summed E-state index contributed by atoms with van der Waals surface area (Å²) in [5, 5.41) is 9.34. The normalized spacial score (nSPS) is 16.6. The van der Waals surface area contributed by atoms with Gasteiger partial charge in [0.2, 0.25) is 0 Å². The van der Waals surface area contributed by atoms with Gasteiger partial charge in [-0.05, 0) is 48.3 Å². The van der Waals surface area contributed by atoms with Crippen LogP contribution >= 0.6 is 23.4 Å². The molecule has 0 radical (unpaired) electrons. The molecule has 2 rings (SSSR count). The third kappa shape index (κ3) is 4.90. The lowest BCUT2D eigenvalue weighted by Gasteiger charge is -2.11. The van der Waals surface area contributed by atoms with Crippen LogP contribution in [0.4, 0.5) is 0 Å². The van der Waals surface area contributed by atoms with Crippen LogP contribution in [-0.2, 0) is 14.6 Å². The number of aliphatic carboxylic acids is 1. The highest BCUT2D eigenvalue weighted by atomic mass is 35.5. The van der Waals surface area contributed by atoms with Crippen LogP contribution in [0.15, 0.2) is 29.2 Å². The molecular formula is C14H17ClO4S2. The van der Waals surface area contributed by atoms with Gasteiger partial charge in [-0.25, -0.2) is 8.42 Å². The Morgan fingerprint density at radius 2 is 1.90 bits per heavy atom. The zero-order chi connectivity index (χ0) is 15.5. The maximum absolute atomic E-state index is 12.1. The first kappa shape index (κ1) is 16.6. The average Bonchev–Trinajstić information content (AvgIpc) is 3.14. The minimum absolute atomic E-state index is 0.0580. The van der Waals surface area contributed by atoms with E-state index < -0.39 is 15.8 Å². The molecule has 116 valence electrons. The Morgan fingerprint density at radius 1 is 1.29 bits per heavy atom. The van der Waals surface area contributed by atoms with Gasteiger partial charge in [-0.15, -0.1) is 0 Å². The molecule has 0 spiro atoms. The fraction of sp³-hybridized carbons (Fsp3) is 0.500. The van der Waals surface area contributed by atoms with Crippen molar-refractivity contribution in [1.29, 1.82) is 0 Å². The summed E-state index contributed by atoms with van der Waals surface area (Å²) in [7, 11) is -3.29. The Balaban J connectivity index is 1.80. The lowest BCUT2D eigenvalue weighted by molar-refractivity contribution is -0.138. The SMILES string of the molecule is O=C(O)CC1(CSCCS(=O)(=O)c2ccc(Cl)cc2)CC1. The summed E-state index contributed by atoms with van der Waals surface area (Å²) < 4.78 is 24.2. The Hall–Kier alpha value is -0.720. The minimum atomic E-state index is -3.29. The van der Waals surface area contributed by atoms with Gasteiger partial charge in [0.25, 0.3) is 0 Å². The van der Waals surface area contributed by atoms with Crippen LogP contribution < -0.4 is 0 Å². The number of carbonyl (C=O) groups is 1. The molecule has 0 aliphatic heterocycles. The number of hydrogen-bond donors (Lipinski definition) is 1. The number of rotatable bonds is 8. The van der Waals surface area contributed by atoms with E-state index in [1.807, 2.05) is 0 Å². The first-order valence-corrected chi connectivity index (χ1v) is 9.79. The van der Waals surface area contributed by atoms with E-state index in [9.17, 15) is 13.2 Å². The van der Waals surface area contributed by atoms with Gasteiger partial charge in [0, 0.05) is 10.8 Å². The van der Waals surface area contributed by atoms with E-state index in [-0.39, 0.29) is 22.5 Å². The molecule has 0 aromatic heterocycles. The summed E-state index contributed by atoms with van der Waals surface area (Å²) in [5.74, 6) is 0.478. The summed E-state index contributed by atoms with van der Waals surface area (Å²) in [5.41, 5.74) is -0.0967. The van der Waals surface area contributed by atoms with Gasteiger partial charge in [0.1, 0.15) is 0 Å². The molecule has 1 aliphatic rings. The molecule has 1 aromatic carbocycles. The van der Waals surface area contributed by atoms with Gasteiger partial charge in [0.15, 0.2) is 9.84 Å². The molecule has 0 amide bonds. The van der Waals surface area contributed by atoms with Crippen molar-refractivity contribution >= 4 is 39.2 Å². The predicted octanol–water partition coefficient (Wildman–Crippen LogP) is 3.10. The maximum atomic E-state index is 12.1. The molecule has 1 aliphatic carbocycles. The Bertz CT molecular complexity index is 606. The van der Waals surface area contributed by atoms with Crippen molar-refractivity contribution < 1.29 is 18.3 Å². The Kier molecular flexibility index (Phi) is 5.22. The van der Waals surface area contributed by atoms with Crippen molar-refractivity contribution in [3.63, 3.8) is 0 Å². The number of carboxylic acids is 1. The smallest absolute Gasteiger partial charge is 0.303 e. The molecule has 1 fully saturated rings. The zero-order valence-electron chi connectivity index (χ0n) is 11.4. The molecule has 0 saturated heterocycles. The quantitative estimate of drug-likeness (QED) is 0.731. The molecule has 0 atom stereocenters. The lowest BCUT2D eigenvalue weighted by Crippen LogP contribution is -2.13. The van der Waals surface area contributed by atoms with E-state index in [2.05, 4.69) is 0 Å². The van der Waals surface area contributed by atoms with Crippen molar-refractivity contribution in [3.8, 4) is 0 Å². The van der Waals surface area contributed by atoms with Crippen LogP contribution in [0.2, 0.25) is 5.02 Å². The number of carboxylic acid groups (broad SMARTS) is 1. The summed E-state index contributed by atoms with van der Waals surface area (Å²) in [4.78, 5) is 11.0. The topological polar surface area (TPSA) is 71.4 Å². The van der Waals surface area contributed by atoms with Gasteiger partial charge < -0.3 is 5.11 Å². The third-order valence-electron chi connectivity index (χ3n) is 3.56. The predicted molar refractivity (Wildman–Crippen MR) is 84.7 cm³/mol. The summed E-state index contributed by atoms with van der Waals surface area (Å²) in [6.07, 6.45) is 2.04. The molecule has 0 bridgehead atoms. The monoisotopic (exact) mass is 348 g/mol. The largest absolute Gasteiger partial charge is 0.481 e. The van der Waals surface area contributed by atoms with Crippen LogP contribution in [-0.4, -0.2) is 36.8 Å². The van der Waals surface area contributed by atoms with Crippen LogP contribution in [0.25, 0.3) is 0 Å². The lowest BCUT2D eigenvalue weighted by atomic mass is 10.1. The standard InChI is InChI=1S/C14H17ClO4S2/c15-11-1-3-12(4-2-11)21(18,19)8-7-20-10-14(5-6-14)9-13(16)17/h1-4H,5-10H2,(H,16,17). The van der Waals surface area contributed by atoms with E-state index in [0.717, 1.165) is 18.6 Å². The van der Waals surface area contributed by atoms with Crippen molar-refractivity contribution in [1.82, 2.24) is 0 Å². The molecule has 21 heavy (non-hydrogen) atoms. The maximum Gasteiger partial charge on any atom is 0.303 e. The first-order chi connectivity index (χ1) is 9.83. The van der Waals surface area contributed by atoms with Crippen LogP contribution in [0.3, 0.4) is 0 Å². The van der Waals surface area contributed by atoms with Gasteiger partial charge in [-0.3, -0.25) is 4.79 Å². The van der Waals surface area contributed by atoms with E-state index in [4.69, 9.17) is 16.7 Å². The summed E-state index contributed by atoms with van der Waals surface area (Å²) in [6.45, 7) is 0. The Labute approximate surface area is 133 Å². The highest BCUT2D eigenvalue weighted by Crippen LogP contribution is 2.51. The third-order valence-corrected chi connectivity index (χ3v) is 7.11. The molecular weight excluding hydrogens is 332 g/mol. The molecule has 4 nitrogen and oxygen atoms in total. The highest BCUT2D eigenvalue weighted by molar-refractivity contribution is 8.00. The fourth-order valence-corrected chi connectivity index (χ4v) is 5.32. The number of benzene rings is 1. The minimum Gasteiger partial charge on any atom is -0.481 e. The fourth-order valence-electron chi connectivity index (χ4n) is 2.09. The molecule has 7 heteroatoms. The molecule has 1 N–H and O–H groups in total. The second-order valence-electron chi connectivity index (χ2n) is 5.40. The van der Waals surface area contributed by atoms with E-state index in [1.54, 1.807) is 12.1 Å². The average molecular weight is 349 g/mol. The van der Waals surface area contributed by atoms with Gasteiger partial charge >= 0.3 is 5.97 Å². The molecule has 0 unspecified atom stereocenters. The van der Waals surface area contributed by atoms with Crippen molar-refractivity contribution in [2.45, 2.75) is 24.2 Å². The van der Waals surface area contributed by atoms with Crippen LogP contribution in [0.5, 0.6) is 0 Å². The summed E-state index contributed by atoms with van der Waals surface area (Å²) >= 11 is 7.26. The first-order valence-electron chi connectivity index (χ1n) is 6.61. The van der Waals surface area contributed by atoms with Crippen molar-refractivity contribution in [2.24, 2.45) is 5.41 Å². The molecule has 0 heterocycles. The van der Waals surface area contributed by atoms with E-state index >= 15 is 0 Å². The molecule has 1 aromatic rings. The molecule has 1 saturated carbocycles. The van der Waals surface area contributed by atoms with Gasteiger partial charge in [-0.2, -0.15) is 11.8 Å². The Morgan fingerprint density at radius 3 is 2.43 bits per heavy atom. The number of thioether (sulfide) groups is 1. The van der Waals surface area contributed by atoms with Crippen LogP contribution in [0.1, 0.15) is 19.3 Å². The van der Waals surface area contributed by atoms with Gasteiger partial charge in [-0.1, -0.05) is 11.6 Å².